The summed E-state index contributed by atoms with van der Waals surface area (Å²) in [5.74, 6) is 0. The first kappa shape index (κ1) is 9.97. The number of nitrogens with one attached hydrogen (secondary N) is 1. The van der Waals surface area contributed by atoms with Crippen LogP contribution in [-0.2, 0) is 0 Å². The molecule has 0 aromatic heterocycles. The first-order chi connectivity index (χ1) is 4.13. The van der Waals surface area contributed by atoms with Gasteiger partial charge in [-0.3, -0.25) is 5.32 Å². The quantitative estimate of drug-likeness (QED) is 0.436. The van der Waals surface area contributed by atoms with Crippen LogP contribution in [0.15, 0.2) is 0 Å². The molecule has 10 heavy (non-hydrogen) atoms. The zero-order valence-corrected chi connectivity index (χ0v) is 5.55. The molecule has 1 N–H and O–H groups in total. The van der Waals surface area contributed by atoms with E-state index in [1.807, 2.05) is 0 Å². The number of halogens is 5. The Balaban J connectivity index is 0.000000810. The third-order valence-corrected chi connectivity index (χ3v) is 1.18. The number of hydrogen-bond acceptors (Lipinski definition) is 1. The van der Waals surface area contributed by atoms with Crippen molar-refractivity contribution in [1.29, 1.82) is 0 Å². The van der Waals surface area contributed by atoms with E-state index in [0.717, 1.165) is 0 Å². The van der Waals surface area contributed by atoms with Gasteiger partial charge in [-0.05, 0) is 0 Å². The Hall–Kier alpha value is -0.0300. The SMILES string of the molecule is Cl.FC1NC(F)C(F)C1F. The normalized spacial score (nSPS) is 46.8. The summed E-state index contributed by atoms with van der Waals surface area (Å²) in [6.45, 7) is 0. The van der Waals surface area contributed by atoms with Crippen LogP contribution in [0.1, 0.15) is 0 Å². The number of rotatable bonds is 0. The van der Waals surface area contributed by atoms with Crippen molar-refractivity contribution in [3.8, 4) is 0 Å². The molecule has 0 bridgehead atoms. The van der Waals surface area contributed by atoms with Crippen LogP contribution in [0.2, 0.25) is 0 Å². The van der Waals surface area contributed by atoms with Crippen molar-refractivity contribution in [3.05, 3.63) is 0 Å². The van der Waals surface area contributed by atoms with Gasteiger partial charge in [0.25, 0.3) is 0 Å². The summed E-state index contributed by atoms with van der Waals surface area (Å²) in [5, 5.41) is 1.43. The topological polar surface area (TPSA) is 12.0 Å². The monoisotopic (exact) mass is 179 g/mol. The van der Waals surface area contributed by atoms with Gasteiger partial charge in [-0.25, -0.2) is 17.6 Å². The maximum absolute atomic E-state index is 11.9. The Morgan fingerprint density at radius 3 is 1.20 bits per heavy atom. The molecule has 1 nitrogen and oxygen atoms in total. The summed E-state index contributed by atoms with van der Waals surface area (Å²) in [4.78, 5) is 0. The van der Waals surface area contributed by atoms with Gasteiger partial charge < -0.3 is 0 Å². The molecular formula is C4H6ClF4N. The summed E-state index contributed by atoms with van der Waals surface area (Å²) in [6, 6.07) is 0. The van der Waals surface area contributed by atoms with Crippen LogP contribution >= 0.6 is 12.4 Å². The standard InChI is InChI=1S/C4H5F4N.ClH/c5-1-2(6)4(8)9-3(1)7;/h1-4,9H;1H. The molecule has 1 aliphatic rings. The molecule has 0 radical (unpaired) electrons. The Kier molecular flexibility index (Phi) is 3.38. The lowest BCUT2D eigenvalue weighted by Gasteiger charge is -2.00. The van der Waals surface area contributed by atoms with Crippen molar-refractivity contribution < 1.29 is 17.6 Å². The van der Waals surface area contributed by atoms with Crippen LogP contribution in [0.4, 0.5) is 17.6 Å². The molecule has 0 aromatic rings. The van der Waals surface area contributed by atoms with Crippen LogP contribution in [0.5, 0.6) is 0 Å². The Labute approximate surface area is 61.2 Å². The second-order valence-electron chi connectivity index (χ2n) is 1.86. The fourth-order valence-electron chi connectivity index (χ4n) is 0.659. The first-order valence-electron chi connectivity index (χ1n) is 2.45. The average Bonchev–Trinajstić information content (AvgIpc) is 1.98. The van der Waals surface area contributed by atoms with Crippen molar-refractivity contribution in [2.24, 2.45) is 0 Å². The lowest BCUT2D eigenvalue weighted by atomic mass is 10.3. The lowest BCUT2D eigenvalue weighted by Crippen LogP contribution is -2.25. The molecule has 0 amide bonds. The van der Waals surface area contributed by atoms with E-state index >= 15 is 0 Å². The molecule has 0 saturated carbocycles. The van der Waals surface area contributed by atoms with Gasteiger partial charge in [0.2, 0.25) is 0 Å². The van der Waals surface area contributed by atoms with E-state index in [1.165, 1.54) is 5.32 Å². The average molecular weight is 180 g/mol. The Bertz CT molecular complexity index is 101. The van der Waals surface area contributed by atoms with Gasteiger partial charge in [-0.2, -0.15) is 0 Å². The first-order valence-corrected chi connectivity index (χ1v) is 2.45. The lowest BCUT2D eigenvalue weighted by molar-refractivity contribution is 0.111. The molecule has 0 spiro atoms. The van der Waals surface area contributed by atoms with Gasteiger partial charge in [-0.1, -0.05) is 0 Å². The summed E-state index contributed by atoms with van der Waals surface area (Å²) in [7, 11) is 0. The van der Waals surface area contributed by atoms with Crippen molar-refractivity contribution in [2.45, 2.75) is 24.9 Å². The van der Waals surface area contributed by atoms with Crippen LogP contribution in [-0.4, -0.2) is 24.9 Å². The zero-order valence-electron chi connectivity index (χ0n) is 4.73. The molecule has 1 rings (SSSR count). The smallest absolute Gasteiger partial charge is 0.187 e. The minimum atomic E-state index is -2.36. The predicted molar refractivity (Wildman–Crippen MR) is 30.0 cm³/mol. The zero-order chi connectivity index (χ0) is 7.02. The minimum Gasteiger partial charge on any atom is -0.253 e. The third-order valence-electron chi connectivity index (χ3n) is 1.18. The van der Waals surface area contributed by atoms with E-state index in [-0.39, 0.29) is 12.4 Å². The molecule has 6 heteroatoms. The largest absolute Gasteiger partial charge is 0.253 e. The molecule has 1 saturated heterocycles. The minimum absolute atomic E-state index is 0. The maximum atomic E-state index is 11.9. The molecule has 4 unspecified atom stereocenters. The van der Waals surface area contributed by atoms with Gasteiger partial charge in [-0.15, -0.1) is 12.4 Å². The van der Waals surface area contributed by atoms with E-state index in [2.05, 4.69) is 0 Å². The Morgan fingerprint density at radius 2 is 1.10 bits per heavy atom. The summed E-state index contributed by atoms with van der Waals surface area (Å²) in [5.41, 5.74) is 0. The van der Waals surface area contributed by atoms with Gasteiger partial charge in [0.15, 0.2) is 24.9 Å². The van der Waals surface area contributed by atoms with Gasteiger partial charge in [0.1, 0.15) is 0 Å². The second kappa shape index (κ2) is 3.39. The van der Waals surface area contributed by atoms with Crippen molar-refractivity contribution in [1.82, 2.24) is 5.32 Å². The molecule has 0 aliphatic carbocycles. The fraction of sp³-hybridized carbons (Fsp3) is 1.00. The van der Waals surface area contributed by atoms with Crippen LogP contribution in [0, 0.1) is 0 Å². The van der Waals surface area contributed by atoms with Gasteiger partial charge in [0.05, 0.1) is 0 Å². The highest BCUT2D eigenvalue weighted by Gasteiger charge is 2.44. The fourth-order valence-corrected chi connectivity index (χ4v) is 0.659. The highest BCUT2D eigenvalue weighted by molar-refractivity contribution is 5.85. The summed E-state index contributed by atoms with van der Waals surface area (Å²) in [6.07, 6.45) is -9.12. The summed E-state index contributed by atoms with van der Waals surface area (Å²) < 4.78 is 47.5. The van der Waals surface area contributed by atoms with Crippen molar-refractivity contribution in [2.75, 3.05) is 0 Å². The highest BCUT2D eigenvalue weighted by Crippen LogP contribution is 2.21. The van der Waals surface area contributed by atoms with Crippen molar-refractivity contribution in [3.63, 3.8) is 0 Å². The number of alkyl halides is 4. The molecule has 1 heterocycles. The van der Waals surface area contributed by atoms with E-state index in [4.69, 9.17) is 0 Å². The van der Waals surface area contributed by atoms with E-state index in [9.17, 15) is 17.6 Å². The second-order valence-corrected chi connectivity index (χ2v) is 1.86. The third kappa shape index (κ3) is 1.52. The highest BCUT2D eigenvalue weighted by atomic mass is 35.5. The Morgan fingerprint density at radius 1 is 0.800 bits per heavy atom. The maximum Gasteiger partial charge on any atom is 0.187 e. The van der Waals surface area contributed by atoms with Crippen LogP contribution < -0.4 is 5.32 Å². The van der Waals surface area contributed by atoms with Gasteiger partial charge in [0, 0.05) is 0 Å². The molecule has 1 fully saturated rings. The van der Waals surface area contributed by atoms with E-state index in [0.29, 0.717) is 0 Å². The van der Waals surface area contributed by atoms with Gasteiger partial charge >= 0.3 is 0 Å². The van der Waals surface area contributed by atoms with Crippen LogP contribution in [0.25, 0.3) is 0 Å². The van der Waals surface area contributed by atoms with E-state index in [1.54, 1.807) is 0 Å². The van der Waals surface area contributed by atoms with E-state index < -0.39 is 24.9 Å². The predicted octanol–water partition coefficient (Wildman–Crippen LogP) is 1.28. The molecular weight excluding hydrogens is 173 g/mol. The summed E-state index contributed by atoms with van der Waals surface area (Å²) >= 11 is 0. The number of hydrogen-bond donors (Lipinski definition) is 1. The van der Waals surface area contributed by atoms with Crippen molar-refractivity contribution >= 4 is 12.4 Å². The molecule has 1 aliphatic heterocycles. The van der Waals surface area contributed by atoms with Crippen LogP contribution in [0.3, 0.4) is 0 Å². The molecule has 62 valence electrons. The molecule has 4 atom stereocenters. The molecule has 0 aromatic carbocycles.